The summed E-state index contributed by atoms with van der Waals surface area (Å²) in [7, 11) is 0. The lowest BCUT2D eigenvalue weighted by molar-refractivity contribution is 0.135. The molecule has 1 aliphatic carbocycles. The van der Waals surface area contributed by atoms with E-state index in [0.717, 1.165) is 19.0 Å². The molecule has 1 fully saturated rings. The molecule has 94 valence electrons. The molecular weight excluding hydrogens is 206 g/mol. The van der Waals surface area contributed by atoms with E-state index >= 15 is 0 Å². The Labute approximate surface area is 106 Å². The Morgan fingerprint density at radius 1 is 1.29 bits per heavy atom. The molecule has 0 radical (unpaired) electrons. The van der Waals surface area contributed by atoms with E-state index < -0.39 is 0 Å². The summed E-state index contributed by atoms with van der Waals surface area (Å²) < 4.78 is 0. The average molecular weight is 231 g/mol. The highest BCUT2D eigenvalue weighted by atomic mass is 14.9. The molecule has 2 unspecified atom stereocenters. The fourth-order valence-corrected chi connectivity index (χ4v) is 2.97. The summed E-state index contributed by atoms with van der Waals surface area (Å²) in [6.45, 7) is 11.2. The van der Waals surface area contributed by atoms with Crippen molar-refractivity contribution in [2.75, 3.05) is 13.1 Å². The number of hydrogen-bond acceptors (Lipinski definition) is 1. The first-order valence-corrected chi connectivity index (χ1v) is 6.88. The first-order valence-electron chi connectivity index (χ1n) is 6.88. The minimum absolute atomic E-state index is 0.397. The fraction of sp³-hybridized carbons (Fsp3) is 0.625. The smallest absolute Gasteiger partial charge is 0.0103 e. The van der Waals surface area contributed by atoms with Crippen molar-refractivity contribution in [3.63, 3.8) is 0 Å². The molecule has 0 spiro atoms. The molecule has 0 bridgehead atoms. The van der Waals surface area contributed by atoms with Crippen LogP contribution in [-0.4, -0.2) is 13.1 Å². The maximum atomic E-state index is 3.55. The summed E-state index contributed by atoms with van der Waals surface area (Å²) in [5.74, 6) is 0.809. The highest BCUT2D eigenvalue weighted by Gasteiger charge is 2.44. The number of aryl methyl sites for hydroxylation is 2. The molecular formula is C16H25N. The van der Waals surface area contributed by atoms with E-state index in [1.165, 1.54) is 24.0 Å². The molecule has 0 aliphatic heterocycles. The second-order valence-electron chi connectivity index (χ2n) is 5.68. The van der Waals surface area contributed by atoms with Gasteiger partial charge in [-0.2, -0.15) is 0 Å². The van der Waals surface area contributed by atoms with Crippen molar-refractivity contribution in [2.45, 2.75) is 46.0 Å². The SMILES string of the molecule is CCNCC1(c2ccc(C)c(C)c2)CCC1C. The average Bonchev–Trinajstić information content (AvgIpc) is 2.32. The van der Waals surface area contributed by atoms with Gasteiger partial charge in [0.15, 0.2) is 0 Å². The molecule has 0 saturated heterocycles. The van der Waals surface area contributed by atoms with Crippen LogP contribution in [0.1, 0.15) is 43.4 Å². The summed E-state index contributed by atoms with van der Waals surface area (Å²) in [5, 5.41) is 3.55. The van der Waals surface area contributed by atoms with Gasteiger partial charge in [-0.25, -0.2) is 0 Å². The van der Waals surface area contributed by atoms with Crippen LogP contribution in [-0.2, 0) is 5.41 Å². The van der Waals surface area contributed by atoms with E-state index in [9.17, 15) is 0 Å². The predicted molar refractivity (Wildman–Crippen MR) is 74.5 cm³/mol. The lowest BCUT2D eigenvalue weighted by Crippen LogP contribution is -2.50. The van der Waals surface area contributed by atoms with Gasteiger partial charge in [-0.1, -0.05) is 32.0 Å². The van der Waals surface area contributed by atoms with E-state index in [1.54, 1.807) is 5.56 Å². The van der Waals surface area contributed by atoms with E-state index in [0.29, 0.717) is 5.41 Å². The third-order valence-electron chi connectivity index (χ3n) is 4.74. The summed E-state index contributed by atoms with van der Waals surface area (Å²) >= 11 is 0. The van der Waals surface area contributed by atoms with E-state index in [4.69, 9.17) is 0 Å². The van der Waals surface area contributed by atoms with Crippen molar-refractivity contribution >= 4 is 0 Å². The van der Waals surface area contributed by atoms with Crippen molar-refractivity contribution in [2.24, 2.45) is 5.92 Å². The monoisotopic (exact) mass is 231 g/mol. The van der Waals surface area contributed by atoms with Crippen molar-refractivity contribution in [1.82, 2.24) is 5.32 Å². The summed E-state index contributed by atoms with van der Waals surface area (Å²) in [6, 6.07) is 7.03. The number of nitrogens with one attached hydrogen (secondary N) is 1. The lowest BCUT2D eigenvalue weighted by Gasteiger charge is -2.49. The standard InChI is InChI=1S/C16H25N/c1-5-17-11-16(9-8-14(16)4)15-7-6-12(2)13(3)10-15/h6-7,10,14,17H,5,8-9,11H2,1-4H3. The second kappa shape index (κ2) is 4.81. The third kappa shape index (κ3) is 2.13. The molecule has 2 atom stereocenters. The predicted octanol–water partition coefficient (Wildman–Crippen LogP) is 3.58. The first-order chi connectivity index (χ1) is 8.10. The van der Waals surface area contributed by atoms with Gasteiger partial charge in [-0.05, 0) is 55.8 Å². The minimum Gasteiger partial charge on any atom is -0.316 e. The van der Waals surface area contributed by atoms with Gasteiger partial charge in [-0.15, -0.1) is 0 Å². The maximum Gasteiger partial charge on any atom is 0.0103 e. The van der Waals surface area contributed by atoms with Gasteiger partial charge < -0.3 is 5.32 Å². The first kappa shape index (κ1) is 12.6. The number of likely N-dealkylation sites (N-methyl/N-ethyl adjacent to an activating group) is 1. The maximum absolute atomic E-state index is 3.55. The van der Waals surface area contributed by atoms with Crippen molar-refractivity contribution < 1.29 is 0 Å². The summed E-state index contributed by atoms with van der Waals surface area (Å²) in [5.41, 5.74) is 4.77. The molecule has 2 rings (SSSR count). The highest BCUT2D eigenvalue weighted by Crippen LogP contribution is 2.48. The van der Waals surface area contributed by atoms with Crippen molar-refractivity contribution in [3.8, 4) is 0 Å². The van der Waals surface area contributed by atoms with Crippen LogP contribution in [0.5, 0.6) is 0 Å². The number of benzene rings is 1. The van der Waals surface area contributed by atoms with E-state index in [-0.39, 0.29) is 0 Å². The Balaban J connectivity index is 2.29. The zero-order valence-corrected chi connectivity index (χ0v) is 11.6. The largest absolute Gasteiger partial charge is 0.316 e. The fourth-order valence-electron chi connectivity index (χ4n) is 2.97. The zero-order chi connectivity index (χ0) is 12.5. The van der Waals surface area contributed by atoms with Gasteiger partial charge >= 0.3 is 0 Å². The molecule has 0 heterocycles. The topological polar surface area (TPSA) is 12.0 Å². The molecule has 1 saturated carbocycles. The van der Waals surface area contributed by atoms with Crippen molar-refractivity contribution in [1.29, 1.82) is 0 Å². The quantitative estimate of drug-likeness (QED) is 0.835. The Morgan fingerprint density at radius 3 is 2.53 bits per heavy atom. The molecule has 1 aromatic carbocycles. The summed E-state index contributed by atoms with van der Waals surface area (Å²) in [6.07, 6.45) is 2.71. The molecule has 17 heavy (non-hydrogen) atoms. The van der Waals surface area contributed by atoms with Gasteiger partial charge in [0.05, 0.1) is 0 Å². The second-order valence-corrected chi connectivity index (χ2v) is 5.68. The van der Waals surface area contributed by atoms with Crippen LogP contribution in [0.15, 0.2) is 18.2 Å². The van der Waals surface area contributed by atoms with Crippen LogP contribution in [0.3, 0.4) is 0 Å². The normalized spacial score (nSPS) is 27.9. The number of hydrogen-bond donors (Lipinski definition) is 1. The molecule has 1 heteroatoms. The van der Waals surface area contributed by atoms with E-state index in [2.05, 4.69) is 51.2 Å². The Bertz CT molecular complexity index is 397. The Kier molecular flexibility index (Phi) is 3.58. The molecule has 1 N–H and O–H groups in total. The Hall–Kier alpha value is -0.820. The number of rotatable bonds is 4. The van der Waals surface area contributed by atoms with Gasteiger partial charge in [0.25, 0.3) is 0 Å². The van der Waals surface area contributed by atoms with Gasteiger partial charge in [0.2, 0.25) is 0 Å². The molecule has 1 nitrogen and oxygen atoms in total. The van der Waals surface area contributed by atoms with Crippen LogP contribution in [0.4, 0.5) is 0 Å². The van der Waals surface area contributed by atoms with Gasteiger partial charge in [0.1, 0.15) is 0 Å². The molecule has 1 aliphatic rings. The van der Waals surface area contributed by atoms with E-state index in [1.807, 2.05) is 0 Å². The summed E-state index contributed by atoms with van der Waals surface area (Å²) in [4.78, 5) is 0. The molecule has 1 aromatic rings. The Morgan fingerprint density at radius 2 is 2.06 bits per heavy atom. The van der Waals surface area contributed by atoms with Crippen LogP contribution >= 0.6 is 0 Å². The zero-order valence-electron chi connectivity index (χ0n) is 11.6. The van der Waals surface area contributed by atoms with Crippen LogP contribution in [0.2, 0.25) is 0 Å². The molecule has 0 aromatic heterocycles. The van der Waals surface area contributed by atoms with Crippen LogP contribution in [0, 0.1) is 19.8 Å². The van der Waals surface area contributed by atoms with Crippen LogP contribution < -0.4 is 5.32 Å². The van der Waals surface area contributed by atoms with Gasteiger partial charge in [0, 0.05) is 12.0 Å². The lowest BCUT2D eigenvalue weighted by atomic mass is 9.57. The van der Waals surface area contributed by atoms with Crippen LogP contribution in [0.25, 0.3) is 0 Å². The molecule has 0 amide bonds. The third-order valence-corrected chi connectivity index (χ3v) is 4.74. The van der Waals surface area contributed by atoms with Gasteiger partial charge in [-0.3, -0.25) is 0 Å². The minimum atomic E-state index is 0.397. The van der Waals surface area contributed by atoms with Crippen molar-refractivity contribution in [3.05, 3.63) is 34.9 Å². The highest BCUT2D eigenvalue weighted by molar-refractivity contribution is 5.37.